The Hall–Kier alpha value is -1.89. The van der Waals surface area contributed by atoms with Gasteiger partial charge in [0.05, 0.1) is 45.4 Å². The first-order chi connectivity index (χ1) is 16.8. The van der Waals surface area contributed by atoms with Gasteiger partial charge in [-0.05, 0) is 38.5 Å². The number of rotatable bonds is 26. The highest BCUT2D eigenvalue weighted by atomic mass is 16.4. The highest BCUT2D eigenvalue weighted by Gasteiger charge is 2.29. The number of hydrogen-bond donors (Lipinski definition) is 3. The fourth-order valence-corrected chi connectivity index (χ4v) is 4.54. The summed E-state index contributed by atoms with van der Waals surface area (Å²) in [6, 6.07) is 0. The summed E-state index contributed by atoms with van der Waals surface area (Å²) in [4.78, 5) is 33.3. The largest absolute Gasteiger partial charge is 0.481 e. The third kappa shape index (κ3) is 22.3. The molecule has 0 aromatic heterocycles. The fraction of sp³-hybridized carbons (Fsp3) is 0.821. The highest BCUT2D eigenvalue weighted by Crippen LogP contribution is 2.17. The third-order valence-corrected chi connectivity index (χ3v) is 6.79. The predicted octanol–water partition coefficient (Wildman–Crippen LogP) is 6.65. The average molecular weight is 499 g/mol. The van der Waals surface area contributed by atoms with Gasteiger partial charge in [-0.1, -0.05) is 76.9 Å². The van der Waals surface area contributed by atoms with E-state index in [1.807, 2.05) is 0 Å². The van der Waals surface area contributed by atoms with Crippen molar-refractivity contribution in [2.45, 2.75) is 122 Å². The average Bonchev–Trinajstić information content (AvgIpc) is 2.81. The van der Waals surface area contributed by atoms with Crippen molar-refractivity contribution in [1.29, 1.82) is 0 Å². The van der Waals surface area contributed by atoms with Crippen molar-refractivity contribution in [3.63, 3.8) is 0 Å². The normalized spacial score (nSPS) is 11.8. The molecule has 0 saturated heterocycles. The second kappa shape index (κ2) is 22.6. The first kappa shape index (κ1) is 33.1. The minimum atomic E-state index is -0.935. The van der Waals surface area contributed by atoms with Crippen LogP contribution >= 0.6 is 0 Å². The molecule has 0 saturated carbocycles. The van der Waals surface area contributed by atoms with E-state index in [4.69, 9.17) is 15.3 Å². The van der Waals surface area contributed by atoms with Gasteiger partial charge in [0.25, 0.3) is 0 Å². The standard InChI is InChI=1S/C28H51NO6/c1-2-3-4-5-6-7-8-9-10-11-12-13-14-15-16-17-18-22-29(23-19-26(30)31,24-20-27(32)33)25-21-28(34)35/h9-10H,2-8,11-25H2,1H3,(H2-,30,31,32,33,34,35)/p+1/b10-9+. The molecule has 0 aliphatic carbocycles. The van der Waals surface area contributed by atoms with Crippen LogP contribution in [0.15, 0.2) is 12.2 Å². The van der Waals surface area contributed by atoms with E-state index in [-0.39, 0.29) is 43.4 Å². The molecule has 0 aliphatic heterocycles. The van der Waals surface area contributed by atoms with Gasteiger partial charge in [-0.2, -0.15) is 0 Å². The van der Waals surface area contributed by atoms with Crippen molar-refractivity contribution in [1.82, 2.24) is 0 Å². The molecular formula is C28H52NO6+. The van der Waals surface area contributed by atoms with E-state index in [1.54, 1.807) is 0 Å². The maximum Gasteiger partial charge on any atom is 0.309 e. The molecule has 0 fully saturated rings. The first-order valence-electron chi connectivity index (χ1n) is 14.0. The maximum atomic E-state index is 11.1. The lowest BCUT2D eigenvalue weighted by Crippen LogP contribution is -2.52. The third-order valence-electron chi connectivity index (χ3n) is 6.79. The van der Waals surface area contributed by atoms with Crippen LogP contribution in [0.4, 0.5) is 0 Å². The molecule has 0 aliphatic rings. The summed E-state index contributed by atoms with van der Waals surface area (Å²) in [7, 11) is 0. The zero-order valence-corrected chi connectivity index (χ0v) is 22.2. The summed E-state index contributed by atoms with van der Waals surface area (Å²) < 4.78 is 0.260. The topological polar surface area (TPSA) is 112 Å². The Kier molecular flexibility index (Phi) is 21.3. The monoisotopic (exact) mass is 498 g/mol. The van der Waals surface area contributed by atoms with Crippen LogP contribution in [0.25, 0.3) is 0 Å². The number of unbranched alkanes of at least 4 members (excludes halogenated alkanes) is 13. The van der Waals surface area contributed by atoms with Crippen LogP contribution in [0.3, 0.4) is 0 Å². The van der Waals surface area contributed by atoms with Gasteiger partial charge >= 0.3 is 17.9 Å². The minimum absolute atomic E-state index is 0.0767. The number of carboxylic acids is 3. The van der Waals surface area contributed by atoms with E-state index < -0.39 is 17.9 Å². The van der Waals surface area contributed by atoms with E-state index >= 15 is 0 Å². The Morgan fingerprint density at radius 3 is 1.23 bits per heavy atom. The number of hydrogen-bond acceptors (Lipinski definition) is 3. The van der Waals surface area contributed by atoms with E-state index in [0.717, 1.165) is 25.7 Å². The van der Waals surface area contributed by atoms with Crippen molar-refractivity contribution < 1.29 is 34.2 Å². The van der Waals surface area contributed by atoms with Crippen LogP contribution in [-0.2, 0) is 14.4 Å². The molecule has 7 heteroatoms. The maximum absolute atomic E-state index is 11.1. The molecule has 0 heterocycles. The zero-order chi connectivity index (χ0) is 26.2. The van der Waals surface area contributed by atoms with Gasteiger partial charge in [-0.15, -0.1) is 0 Å². The van der Waals surface area contributed by atoms with E-state index in [9.17, 15) is 14.4 Å². The number of carboxylic acid groups (broad SMARTS) is 3. The summed E-state index contributed by atoms with van der Waals surface area (Å²) in [5.74, 6) is -2.80. The van der Waals surface area contributed by atoms with Gasteiger partial charge < -0.3 is 19.8 Å². The van der Waals surface area contributed by atoms with E-state index in [0.29, 0.717) is 6.54 Å². The van der Waals surface area contributed by atoms with Crippen LogP contribution < -0.4 is 0 Å². The van der Waals surface area contributed by atoms with Crippen LogP contribution in [0, 0.1) is 0 Å². The molecule has 35 heavy (non-hydrogen) atoms. The van der Waals surface area contributed by atoms with Gasteiger partial charge in [-0.3, -0.25) is 14.4 Å². The SMILES string of the molecule is CCCCCCCC/C=C/CCCCCCCCC[N+](CCC(=O)O)(CCC(=O)O)CCC(=O)O. The van der Waals surface area contributed by atoms with Crippen LogP contribution in [0.5, 0.6) is 0 Å². The first-order valence-corrected chi connectivity index (χ1v) is 14.0. The molecule has 0 bridgehead atoms. The summed E-state index contributed by atoms with van der Waals surface area (Å²) in [5, 5.41) is 27.3. The Bertz CT molecular complexity index is 544. The number of nitrogens with zero attached hydrogens (tertiary/aromatic N) is 1. The van der Waals surface area contributed by atoms with E-state index in [2.05, 4.69) is 19.1 Å². The zero-order valence-electron chi connectivity index (χ0n) is 22.2. The molecule has 0 amide bonds. The molecule has 3 N–H and O–H groups in total. The predicted molar refractivity (Wildman–Crippen MR) is 141 cm³/mol. The summed E-state index contributed by atoms with van der Waals surface area (Å²) in [5.41, 5.74) is 0. The van der Waals surface area contributed by atoms with Gasteiger partial charge in [0, 0.05) is 0 Å². The number of aliphatic carboxylic acids is 3. The molecule has 0 unspecified atom stereocenters. The Balaban J connectivity index is 4.07. The van der Waals surface area contributed by atoms with E-state index in [1.165, 1.54) is 70.6 Å². The van der Waals surface area contributed by atoms with Crippen molar-refractivity contribution in [2.75, 3.05) is 26.2 Å². The Morgan fingerprint density at radius 1 is 0.514 bits per heavy atom. The van der Waals surface area contributed by atoms with Gasteiger partial charge in [0.2, 0.25) is 0 Å². The van der Waals surface area contributed by atoms with Gasteiger partial charge in [-0.25, -0.2) is 0 Å². The van der Waals surface area contributed by atoms with Crippen molar-refractivity contribution in [3.8, 4) is 0 Å². The molecule has 7 nitrogen and oxygen atoms in total. The summed E-state index contributed by atoms with van der Waals surface area (Å²) >= 11 is 0. The summed E-state index contributed by atoms with van der Waals surface area (Å²) in [6.45, 7) is 3.72. The molecule has 0 radical (unpaired) electrons. The number of allylic oxidation sites excluding steroid dienone is 2. The van der Waals surface area contributed by atoms with Crippen LogP contribution in [0.2, 0.25) is 0 Å². The lowest BCUT2D eigenvalue weighted by Gasteiger charge is -2.38. The quantitative estimate of drug-likeness (QED) is 0.0699. The van der Waals surface area contributed by atoms with Gasteiger partial charge in [0.1, 0.15) is 0 Å². The number of quaternary nitrogens is 1. The van der Waals surface area contributed by atoms with Crippen molar-refractivity contribution in [3.05, 3.63) is 12.2 Å². The van der Waals surface area contributed by atoms with Crippen molar-refractivity contribution in [2.24, 2.45) is 0 Å². The second-order valence-electron chi connectivity index (χ2n) is 9.96. The smallest absolute Gasteiger partial charge is 0.309 e. The van der Waals surface area contributed by atoms with Crippen LogP contribution in [0.1, 0.15) is 122 Å². The molecular weight excluding hydrogens is 446 g/mol. The Morgan fingerprint density at radius 2 is 0.857 bits per heavy atom. The lowest BCUT2D eigenvalue weighted by atomic mass is 10.1. The number of carbonyl (C=O) groups is 3. The molecule has 204 valence electrons. The Labute approximate surface area is 213 Å². The molecule has 0 atom stereocenters. The van der Waals surface area contributed by atoms with Crippen molar-refractivity contribution >= 4 is 17.9 Å². The van der Waals surface area contributed by atoms with Gasteiger partial charge in [0.15, 0.2) is 0 Å². The molecule has 0 rings (SSSR count). The fourth-order valence-electron chi connectivity index (χ4n) is 4.54. The summed E-state index contributed by atoms with van der Waals surface area (Å²) in [6.07, 6.45) is 22.7. The lowest BCUT2D eigenvalue weighted by molar-refractivity contribution is -0.927. The molecule has 0 aromatic rings. The minimum Gasteiger partial charge on any atom is -0.481 e. The van der Waals surface area contributed by atoms with Crippen LogP contribution in [-0.4, -0.2) is 63.9 Å². The molecule has 0 spiro atoms. The highest BCUT2D eigenvalue weighted by molar-refractivity contribution is 5.67. The molecule has 0 aromatic carbocycles. The second-order valence-corrected chi connectivity index (χ2v) is 9.96.